The van der Waals surface area contributed by atoms with Crippen LogP contribution >= 0.6 is 0 Å². The van der Waals surface area contributed by atoms with Gasteiger partial charge in [0.25, 0.3) is 0 Å². The van der Waals surface area contributed by atoms with Gasteiger partial charge in [-0.25, -0.2) is 4.39 Å². The molecule has 0 unspecified atom stereocenters. The molecule has 84 valence electrons. The number of cyclic esters (lactones) is 1. The average Bonchev–Trinajstić information content (AvgIpc) is 2.61. The molecule has 1 fully saturated rings. The van der Waals surface area contributed by atoms with Crippen molar-refractivity contribution in [3.05, 3.63) is 35.6 Å². The molecule has 1 N–H and O–H groups in total. The van der Waals surface area contributed by atoms with E-state index in [9.17, 15) is 14.0 Å². The first-order valence-electron chi connectivity index (χ1n) is 4.75. The molecule has 0 radical (unpaired) electrons. The topological polar surface area (TPSA) is 63.6 Å². The molecule has 1 aromatic carbocycles. The molecule has 0 bridgehead atoms. The van der Waals surface area contributed by atoms with Crippen molar-refractivity contribution < 1.29 is 23.8 Å². The quantitative estimate of drug-likeness (QED) is 0.605. The lowest BCUT2D eigenvalue weighted by Gasteiger charge is -2.12. The average molecular weight is 224 g/mol. The Hall–Kier alpha value is -1.91. The highest BCUT2D eigenvalue weighted by Crippen LogP contribution is 2.33. The van der Waals surface area contributed by atoms with Crippen LogP contribution in [-0.4, -0.2) is 23.7 Å². The lowest BCUT2D eigenvalue weighted by Crippen LogP contribution is -2.24. The Morgan fingerprint density at radius 3 is 2.75 bits per heavy atom. The summed E-state index contributed by atoms with van der Waals surface area (Å²) in [6.07, 6.45) is 0. The van der Waals surface area contributed by atoms with E-state index in [0.29, 0.717) is 0 Å². The van der Waals surface area contributed by atoms with Crippen LogP contribution in [0.4, 0.5) is 4.39 Å². The molecule has 0 aliphatic carbocycles. The highest BCUT2D eigenvalue weighted by molar-refractivity contribution is 5.96. The first kappa shape index (κ1) is 10.6. The van der Waals surface area contributed by atoms with Crippen LogP contribution in [0.1, 0.15) is 11.5 Å². The smallest absolute Gasteiger partial charge is 0.321 e. The van der Waals surface area contributed by atoms with E-state index in [-0.39, 0.29) is 12.2 Å². The number of carbonyl (C=O) groups is 2. The number of hydrogen-bond donors (Lipinski definition) is 1. The van der Waals surface area contributed by atoms with Crippen molar-refractivity contribution in [1.29, 1.82) is 0 Å². The van der Waals surface area contributed by atoms with Crippen LogP contribution in [0.3, 0.4) is 0 Å². The van der Waals surface area contributed by atoms with Crippen molar-refractivity contribution in [1.82, 2.24) is 0 Å². The molecule has 2 atom stereocenters. The lowest BCUT2D eigenvalue weighted by molar-refractivity contribution is -0.152. The minimum atomic E-state index is -1.31. The molecule has 0 saturated carbocycles. The molecule has 1 aliphatic heterocycles. The van der Waals surface area contributed by atoms with Crippen molar-refractivity contribution in [3.63, 3.8) is 0 Å². The highest BCUT2D eigenvalue weighted by atomic mass is 19.1. The summed E-state index contributed by atoms with van der Waals surface area (Å²) >= 11 is 0. The first-order chi connectivity index (χ1) is 7.61. The maximum Gasteiger partial charge on any atom is 0.321 e. The molecular formula is C11H9FO4. The van der Waals surface area contributed by atoms with Gasteiger partial charge < -0.3 is 9.84 Å². The predicted molar refractivity (Wildman–Crippen MR) is 51.2 cm³/mol. The fourth-order valence-corrected chi connectivity index (χ4v) is 1.84. The Morgan fingerprint density at radius 1 is 1.44 bits per heavy atom. The molecule has 0 amide bonds. The third-order valence-electron chi connectivity index (χ3n) is 2.63. The van der Waals surface area contributed by atoms with Gasteiger partial charge in [0.05, 0.1) is 6.61 Å². The van der Waals surface area contributed by atoms with Crippen LogP contribution in [0, 0.1) is 11.7 Å². The van der Waals surface area contributed by atoms with Crippen molar-refractivity contribution in [2.24, 2.45) is 5.92 Å². The van der Waals surface area contributed by atoms with E-state index >= 15 is 0 Å². The van der Waals surface area contributed by atoms with Crippen LogP contribution in [0.5, 0.6) is 0 Å². The number of carbonyl (C=O) groups excluding carboxylic acids is 1. The molecule has 2 rings (SSSR count). The van der Waals surface area contributed by atoms with Gasteiger partial charge in [-0.3, -0.25) is 9.59 Å². The van der Waals surface area contributed by atoms with Crippen molar-refractivity contribution in [2.45, 2.75) is 5.92 Å². The van der Waals surface area contributed by atoms with Gasteiger partial charge in [0.1, 0.15) is 5.82 Å². The number of ether oxygens (including phenoxy) is 1. The van der Waals surface area contributed by atoms with Gasteiger partial charge in [-0.1, -0.05) is 18.2 Å². The minimum Gasteiger partial charge on any atom is -0.481 e. The maximum atomic E-state index is 13.4. The number of rotatable bonds is 2. The number of esters is 1. The molecule has 1 aromatic rings. The molecule has 1 saturated heterocycles. The second-order valence-electron chi connectivity index (χ2n) is 3.57. The molecule has 16 heavy (non-hydrogen) atoms. The Morgan fingerprint density at radius 2 is 2.12 bits per heavy atom. The van der Waals surface area contributed by atoms with E-state index in [1.165, 1.54) is 18.2 Å². The zero-order valence-corrected chi connectivity index (χ0v) is 8.22. The molecule has 0 aromatic heterocycles. The van der Waals surface area contributed by atoms with Crippen molar-refractivity contribution in [2.75, 3.05) is 6.61 Å². The summed E-state index contributed by atoms with van der Waals surface area (Å²) in [7, 11) is 0. The van der Waals surface area contributed by atoms with Gasteiger partial charge >= 0.3 is 11.9 Å². The summed E-state index contributed by atoms with van der Waals surface area (Å²) in [6, 6.07) is 5.81. The number of aliphatic carboxylic acids is 1. The number of hydrogen-bond acceptors (Lipinski definition) is 3. The largest absolute Gasteiger partial charge is 0.481 e. The Balaban J connectivity index is 2.38. The predicted octanol–water partition coefficient (Wildman–Crippen LogP) is 1.17. The molecule has 5 heteroatoms. The second-order valence-corrected chi connectivity index (χ2v) is 3.57. The van der Waals surface area contributed by atoms with E-state index in [1.807, 2.05) is 0 Å². The van der Waals surface area contributed by atoms with Gasteiger partial charge in [0.2, 0.25) is 0 Å². The summed E-state index contributed by atoms with van der Waals surface area (Å²) in [5.74, 6) is -4.66. The third-order valence-corrected chi connectivity index (χ3v) is 2.63. The number of carboxylic acid groups (broad SMARTS) is 1. The zero-order valence-electron chi connectivity index (χ0n) is 8.22. The van der Waals surface area contributed by atoms with Gasteiger partial charge in [0.15, 0.2) is 5.92 Å². The summed E-state index contributed by atoms with van der Waals surface area (Å²) in [4.78, 5) is 22.1. The molecule has 0 spiro atoms. The normalized spacial score (nSPS) is 24.2. The van der Waals surface area contributed by atoms with Gasteiger partial charge in [-0.2, -0.15) is 0 Å². The van der Waals surface area contributed by atoms with E-state index in [0.717, 1.165) is 0 Å². The van der Waals surface area contributed by atoms with Crippen LogP contribution in [0.2, 0.25) is 0 Å². The SMILES string of the molecule is O=C(O)[C@@H]1C(=O)OC[C@@H]1c1ccccc1F. The molecular weight excluding hydrogens is 215 g/mol. The highest BCUT2D eigenvalue weighted by Gasteiger charge is 2.44. The van der Waals surface area contributed by atoms with E-state index in [4.69, 9.17) is 5.11 Å². The third kappa shape index (κ3) is 1.64. The Kier molecular flexibility index (Phi) is 2.60. The standard InChI is InChI=1S/C11H9FO4/c12-8-4-2-1-3-6(8)7-5-16-11(15)9(7)10(13)14/h1-4,7,9H,5H2,(H,13,14)/t7-,9-/m1/s1. The fourth-order valence-electron chi connectivity index (χ4n) is 1.84. The van der Waals surface area contributed by atoms with E-state index in [1.54, 1.807) is 6.07 Å². The molecule has 1 aliphatic rings. The van der Waals surface area contributed by atoms with Crippen LogP contribution < -0.4 is 0 Å². The maximum absolute atomic E-state index is 13.4. The van der Waals surface area contributed by atoms with Crippen LogP contribution in [-0.2, 0) is 14.3 Å². The van der Waals surface area contributed by atoms with Crippen LogP contribution in [0.25, 0.3) is 0 Å². The fraction of sp³-hybridized carbons (Fsp3) is 0.273. The van der Waals surface area contributed by atoms with E-state index < -0.39 is 29.6 Å². The first-order valence-corrected chi connectivity index (χ1v) is 4.75. The number of benzene rings is 1. The Labute approximate surface area is 90.6 Å². The number of carboxylic acids is 1. The van der Waals surface area contributed by atoms with Gasteiger partial charge in [-0.05, 0) is 11.6 Å². The minimum absolute atomic E-state index is 0.0866. The van der Waals surface area contributed by atoms with Gasteiger partial charge in [-0.15, -0.1) is 0 Å². The number of halogens is 1. The van der Waals surface area contributed by atoms with Gasteiger partial charge in [0, 0.05) is 5.92 Å². The second kappa shape index (κ2) is 3.92. The molecule has 4 nitrogen and oxygen atoms in total. The summed E-state index contributed by atoms with van der Waals surface area (Å²) in [5.41, 5.74) is 0.209. The van der Waals surface area contributed by atoms with Crippen molar-refractivity contribution >= 4 is 11.9 Å². The summed E-state index contributed by atoms with van der Waals surface area (Å²) in [6.45, 7) is -0.0866. The van der Waals surface area contributed by atoms with Crippen molar-refractivity contribution in [3.8, 4) is 0 Å². The monoisotopic (exact) mass is 224 g/mol. The summed E-state index contributed by atoms with van der Waals surface area (Å²) < 4.78 is 18.1. The lowest BCUT2D eigenvalue weighted by atomic mass is 9.88. The molecule has 1 heterocycles. The van der Waals surface area contributed by atoms with E-state index in [2.05, 4.69) is 4.74 Å². The zero-order chi connectivity index (χ0) is 11.7. The summed E-state index contributed by atoms with van der Waals surface area (Å²) in [5, 5.41) is 8.88. The Bertz CT molecular complexity index is 443. The van der Waals surface area contributed by atoms with Crippen LogP contribution in [0.15, 0.2) is 24.3 Å².